The largest absolute Gasteiger partial charge is 0.358 e. The van der Waals surface area contributed by atoms with Gasteiger partial charge in [0, 0.05) is 26.0 Å². The quantitative estimate of drug-likeness (QED) is 0.831. The number of nitrogens with zero attached hydrogens (tertiary/aromatic N) is 3. The van der Waals surface area contributed by atoms with Crippen LogP contribution < -0.4 is 10.2 Å². The topological polar surface area (TPSA) is 67.2 Å². The van der Waals surface area contributed by atoms with Crippen LogP contribution in [0.2, 0.25) is 0 Å². The first kappa shape index (κ1) is 18.7. The van der Waals surface area contributed by atoms with Gasteiger partial charge >= 0.3 is 0 Å². The lowest BCUT2D eigenvalue weighted by atomic mass is 10.0. The minimum atomic E-state index is 0.312. The number of aromatic nitrogens is 2. The average molecular weight is 318 g/mol. The molecule has 0 spiro atoms. The monoisotopic (exact) mass is 318 g/mol. The Morgan fingerprint density at radius 1 is 1.30 bits per heavy atom. The van der Waals surface area contributed by atoms with E-state index < -0.39 is 0 Å². The van der Waals surface area contributed by atoms with Gasteiger partial charge in [-0.1, -0.05) is 26.8 Å². The Bertz CT molecular complexity index is 643. The summed E-state index contributed by atoms with van der Waals surface area (Å²) in [5.74, 6) is 1.64. The zero-order chi connectivity index (χ0) is 17.4. The van der Waals surface area contributed by atoms with Crippen LogP contribution in [0.3, 0.4) is 0 Å². The second kappa shape index (κ2) is 8.92. The highest BCUT2D eigenvalue weighted by molar-refractivity contribution is 5.91. The number of imide groups is 1. The van der Waals surface area contributed by atoms with Crippen LogP contribution in [-0.4, -0.2) is 36.2 Å². The van der Waals surface area contributed by atoms with E-state index in [1.807, 2.05) is 11.7 Å². The van der Waals surface area contributed by atoms with Gasteiger partial charge in [-0.3, -0.25) is 14.3 Å². The molecule has 6 heteroatoms. The van der Waals surface area contributed by atoms with Crippen molar-refractivity contribution in [3.63, 3.8) is 0 Å². The molecule has 2 aromatic rings. The standard InChI is InChI=1S/C15H23N3.C2H3NO2/c1-6-9-17(4)15-13-8-7-12(11(2)3)10-14(13)18(5)16-15;4-1-3-2-5/h7-8,10-11H,6,9H2,1-5H3;1-2H,(H,3,4,5). The summed E-state index contributed by atoms with van der Waals surface area (Å²) in [4.78, 5) is 20.4. The van der Waals surface area contributed by atoms with Gasteiger partial charge in [-0.2, -0.15) is 5.10 Å². The zero-order valence-electron chi connectivity index (χ0n) is 14.5. The maximum absolute atomic E-state index is 9.06. The molecule has 0 fully saturated rings. The van der Waals surface area contributed by atoms with Gasteiger partial charge in [0.05, 0.1) is 5.52 Å². The highest BCUT2D eigenvalue weighted by Gasteiger charge is 2.13. The van der Waals surface area contributed by atoms with Crippen LogP contribution in [0.15, 0.2) is 18.2 Å². The molecule has 0 aliphatic rings. The Morgan fingerprint density at radius 2 is 1.96 bits per heavy atom. The summed E-state index contributed by atoms with van der Waals surface area (Å²) in [6, 6.07) is 6.69. The number of hydrogen-bond donors (Lipinski definition) is 1. The first-order valence-electron chi connectivity index (χ1n) is 7.77. The molecule has 0 aliphatic heterocycles. The molecular weight excluding hydrogens is 292 g/mol. The summed E-state index contributed by atoms with van der Waals surface area (Å²) in [6.07, 6.45) is 1.76. The molecule has 1 aromatic carbocycles. The number of benzene rings is 1. The van der Waals surface area contributed by atoms with E-state index in [9.17, 15) is 0 Å². The number of carbonyl (C=O) groups excluding carboxylic acids is 2. The molecule has 0 radical (unpaired) electrons. The third-order valence-electron chi connectivity index (χ3n) is 3.58. The minimum Gasteiger partial charge on any atom is -0.358 e. The van der Waals surface area contributed by atoms with Gasteiger partial charge in [-0.05, 0) is 30.0 Å². The average Bonchev–Trinajstić information content (AvgIpc) is 2.86. The van der Waals surface area contributed by atoms with E-state index in [1.54, 1.807) is 5.32 Å². The highest BCUT2D eigenvalue weighted by Crippen LogP contribution is 2.28. The number of anilines is 1. The van der Waals surface area contributed by atoms with Crippen molar-refractivity contribution in [2.75, 3.05) is 18.5 Å². The van der Waals surface area contributed by atoms with E-state index in [0.29, 0.717) is 18.7 Å². The molecule has 1 N–H and O–H groups in total. The molecular formula is C17H26N4O2. The number of carbonyl (C=O) groups is 2. The van der Waals surface area contributed by atoms with Gasteiger partial charge < -0.3 is 10.2 Å². The summed E-state index contributed by atoms with van der Waals surface area (Å²) < 4.78 is 1.99. The Morgan fingerprint density at radius 3 is 2.43 bits per heavy atom. The van der Waals surface area contributed by atoms with E-state index in [-0.39, 0.29) is 0 Å². The predicted molar refractivity (Wildman–Crippen MR) is 93.6 cm³/mol. The van der Waals surface area contributed by atoms with Gasteiger partial charge in [0.25, 0.3) is 0 Å². The molecule has 2 amide bonds. The van der Waals surface area contributed by atoms with E-state index in [1.165, 1.54) is 16.5 Å². The predicted octanol–water partition coefficient (Wildman–Crippen LogP) is 2.43. The number of rotatable bonds is 6. The molecule has 0 unspecified atom stereocenters. The van der Waals surface area contributed by atoms with Crippen LogP contribution in [0.5, 0.6) is 0 Å². The van der Waals surface area contributed by atoms with E-state index in [0.717, 1.165) is 18.8 Å². The minimum absolute atomic E-state index is 0.312. The number of aryl methyl sites for hydroxylation is 1. The number of amides is 2. The SMILES string of the molecule is CCCN(C)c1nn(C)c2cc(C(C)C)ccc12.O=CNC=O. The van der Waals surface area contributed by atoms with Gasteiger partial charge in [-0.15, -0.1) is 0 Å². The molecule has 126 valence electrons. The molecule has 23 heavy (non-hydrogen) atoms. The van der Waals surface area contributed by atoms with E-state index >= 15 is 0 Å². The highest BCUT2D eigenvalue weighted by atomic mass is 16.2. The van der Waals surface area contributed by atoms with Crippen molar-refractivity contribution in [3.05, 3.63) is 23.8 Å². The molecule has 0 aliphatic carbocycles. The lowest BCUT2D eigenvalue weighted by Gasteiger charge is -2.15. The normalized spacial score (nSPS) is 10.2. The maximum atomic E-state index is 9.06. The lowest BCUT2D eigenvalue weighted by molar-refractivity contribution is -0.117. The van der Waals surface area contributed by atoms with Crippen LogP contribution in [0.25, 0.3) is 10.9 Å². The molecule has 0 saturated heterocycles. The zero-order valence-corrected chi connectivity index (χ0v) is 14.5. The molecule has 1 aromatic heterocycles. The van der Waals surface area contributed by atoms with Crippen LogP contribution in [0.4, 0.5) is 5.82 Å². The molecule has 0 atom stereocenters. The Balaban J connectivity index is 0.000000463. The summed E-state index contributed by atoms with van der Waals surface area (Å²) in [7, 11) is 4.14. The molecule has 2 rings (SSSR count). The van der Waals surface area contributed by atoms with Crippen molar-refractivity contribution in [1.29, 1.82) is 0 Å². The number of nitrogens with one attached hydrogen (secondary N) is 1. The van der Waals surface area contributed by atoms with Crippen molar-refractivity contribution < 1.29 is 9.59 Å². The van der Waals surface area contributed by atoms with E-state index in [2.05, 4.69) is 56.0 Å². The van der Waals surface area contributed by atoms with Crippen molar-refractivity contribution in [2.45, 2.75) is 33.1 Å². The van der Waals surface area contributed by atoms with Gasteiger partial charge in [-0.25, -0.2) is 0 Å². The van der Waals surface area contributed by atoms with Crippen molar-refractivity contribution in [1.82, 2.24) is 15.1 Å². The Hall–Kier alpha value is -2.37. The lowest BCUT2D eigenvalue weighted by Crippen LogP contribution is -2.18. The molecule has 0 bridgehead atoms. The van der Waals surface area contributed by atoms with Crippen LogP contribution in [-0.2, 0) is 16.6 Å². The summed E-state index contributed by atoms with van der Waals surface area (Å²) in [5, 5.41) is 7.65. The fraction of sp³-hybridized carbons (Fsp3) is 0.471. The molecule has 1 heterocycles. The first-order chi connectivity index (χ1) is 11.0. The van der Waals surface area contributed by atoms with E-state index in [4.69, 9.17) is 9.59 Å². The van der Waals surface area contributed by atoms with Crippen molar-refractivity contribution in [2.24, 2.45) is 7.05 Å². The van der Waals surface area contributed by atoms with Crippen LogP contribution >= 0.6 is 0 Å². The van der Waals surface area contributed by atoms with Crippen LogP contribution in [0.1, 0.15) is 38.7 Å². The third-order valence-corrected chi connectivity index (χ3v) is 3.58. The first-order valence-corrected chi connectivity index (χ1v) is 7.77. The van der Waals surface area contributed by atoms with Gasteiger partial charge in [0.1, 0.15) is 0 Å². The van der Waals surface area contributed by atoms with Crippen molar-refractivity contribution in [3.8, 4) is 0 Å². The number of hydrogen-bond acceptors (Lipinski definition) is 4. The molecule has 6 nitrogen and oxygen atoms in total. The van der Waals surface area contributed by atoms with Crippen LogP contribution in [0, 0.1) is 0 Å². The van der Waals surface area contributed by atoms with Crippen molar-refractivity contribution >= 4 is 29.5 Å². The fourth-order valence-electron chi connectivity index (χ4n) is 2.37. The fourth-order valence-corrected chi connectivity index (χ4v) is 2.37. The number of fused-ring (bicyclic) bond motifs is 1. The van der Waals surface area contributed by atoms with Gasteiger partial charge in [0.15, 0.2) is 5.82 Å². The Labute approximate surface area is 137 Å². The third kappa shape index (κ3) is 4.81. The second-order valence-corrected chi connectivity index (χ2v) is 5.70. The maximum Gasteiger partial charge on any atom is 0.213 e. The van der Waals surface area contributed by atoms with Gasteiger partial charge in [0.2, 0.25) is 12.8 Å². The summed E-state index contributed by atoms with van der Waals surface area (Å²) in [6.45, 7) is 7.68. The Kier molecular flexibility index (Phi) is 7.25. The summed E-state index contributed by atoms with van der Waals surface area (Å²) in [5.41, 5.74) is 2.59. The molecule has 0 saturated carbocycles. The smallest absolute Gasteiger partial charge is 0.213 e. The second-order valence-electron chi connectivity index (χ2n) is 5.70. The summed E-state index contributed by atoms with van der Waals surface area (Å²) >= 11 is 0.